The second-order valence-electron chi connectivity index (χ2n) is 4.22. The predicted octanol–water partition coefficient (Wildman–Crippen LogP) is 3.89. The van der Waals surface area contributed by atoms with Gasteiger partial charge in [-0.1, -0.05) is 11.6 Å². The van der Waals surface area contributed by atoms with Gasteiger partial charge < -0.3 is 5.32 Å². The average molecular weight is 303 g/mol. The van der Waals surface area contributed by atoms with Crippen molar-refractivity contribution in [3.05, 3.63) is 50.4 Å². The molecule has 0 saturated carbocycles. The van der Waals surface area contributed by atoms with E-state index in [-0.39, 0.29) is 16.6 Å². The lowest BCUT2D eigenvalue weighted by Crippen LogP contribution is -2.20. The lowest BCUT2D eigenvalue weighted by atomic mass is 10.0. The van der Waals surface area contributed by atoms with Crippen LogP contribution in [0.15, 0.2) is 17.5 Å². The van der Waals surface area contributed by atoms with E-state index in [1.54, 1.807) is 7.05 Å². The van der Waals surface area contributed by atoms with Gasteiger partial charge in [0, 0.05) is 29.1 Å². The van der Waals surface area contributed by atoms with Gasteiger partial charge in [-0.05, 0) is 26.1 Å². The van der Waals surface area contributed by atoms with Crippen LogP contribution in [0.3, 0.4) is 0 Å². The zero-order chi connectivity index (χ0) is 14.0. The van der Waals surface area contributed by atoms with Crippen LogP contribution in [0.25, 0.3) is 0 Å². The first-order chi connectivity index (χ1) is 9.01. The topological polar surface area (TPSA) is 24.9 Å². The summed E-state index contributed by atoms with van der Waals surface area (Å²) < 4.78 is 27.3. The number of aromatic nitrogens is 1. The molecule has 1 heterocycles. The molecular weight excluding hydrogens is 290 g/mol. The molecule has 0 aliphatic carbocycles. The van der Waals surface area contributed by atoms with Crippen molar-refractivity contribution in [1.82, 2.24) is 10.3 Å². The SMILES string of the molecule is CNC(Cc1nc(C)cs1)c1cc(F)c(Cl)cc1F. The summed E-state index contributed by atoms with van der Waals surface area (Å²) >= 11 is 7.06. The number of aryl methyl sites for hydroxylation is 1. The molecule has 2 aromatic rings. The van der Waals surface area contributed by atoms with Crippen molar-refractivity contribution in [1.29, 1.82) is 0 Å². The summed E-state index contributed by atoms with van der Waals surface area (Å²) in [7, 11) is 1.71. The van der Waals surface area contributed by atoms with E-state index in [9.17, 15) is 8.78 Å². The minimum Gasteiger partial charge on any atom is -0.313 e. The van der Waals surface area contributed by atoms with E-state index in [0.29, 0.717) is 6.42 Å². The van der Waals surface area contributed by atoms with Crippen LogP contribution >= 0.6 is 22.9 Å². The smallest absolute Gasteiger partial charge is 0.142 e. The van der Waals surface area contributed by atoms with E-state index in [1.165, 1.54) is 11.3 Å². The summed E-state index contributed by atoms with van der Waals surface area (Å²) in [6.45, 7) is 1.90. The Hall–Kier alpha value is -1.04. The maximum Gasteiger partial charge on any atom is 0.142 e. The Balaban J connectivity index is 2.29. The summed E-state index contributed by atoms with van der Waals surface area (Å²) in [6, 6.07) is 1.81. The van der Waals surface area contributed by atoms with E-state index in [4.69, 9.17) is 11.6 Å². The molecule has 1 N–H and O–H groups in total. The second-order valence-corrected chi connectivity index (χ2v) is 5.57. The van der Waals surface area contributed by atoms with Crippen LogP contribution in [0.1, 0.15) is 22.3 Å². The number of rotatable bonds is 4. The van der Waals surface area contributed by atoms with E-state index < -0.39 is 11.6 Å². The Morgan fingerprint density at radius 3 is 2.68 bits per heavy atom. The third kappa shape index (κ3) is 3.29. The lowest BCUT2D eigenvalue weighted by Gasteiger charge is -2.16. The third-order valence-corrected chi connectivity index (χ3v) is 4.09. The highest BCUT2D eigenvalue weighted by Crippen LogP contribution is 2.26. The zero-order valence-electron chi connectivity index (χ0n) is 10.5. The molecule has 0 bridgehead atoms. The van der Waals surface area contributed by atoms with Crippen LogP contribution < -0.4 is 5.32 Å². The molecule has 0 saturated heterocycles. The maximum atomic E-state index is 13.9. The Kier molecular flexibility index (Phi) is 4.50. The maximum absolute atomic E-state index is 13.9. The molecule has 1 aromatic carbocycles. The number of hydrogen-bond acceptors (Lipinski definition) is 3. The molecule has 102 valence electrons. The Bertz CT molecular complexity index is 586. The molecule has 1 unspecified atom stereocenters. The molecule has 0 amide bonds. The van der Waals surface area contributed by atoms with Gasteiger partial charge in [-0.2, -0.15) is 0 Å². The highest BCUT2D eigenvalue weighted by Gasteiger charge is 2.18. The Labute approximate surface area is 119 Å². The molecule has 0 spiro atoms. The summed E-state index contributed by atoms with van der Waals surface area (Å²) in [4.78, 5) is 4.33. The van der Waals surface area contributed by atoms with Gasteiger partial charge in [0.25, 0.3) is 0 Å². The summed E-state index contributed by atoms with van der Waals surface area (Å²) in [5.41, 5.74) is 1.19. The van der Waals surface area contributed by atoms with Crippen LogP contribution in [0.5, 0.6) is 0 Å². The first kappa shape index (κ1) is 14.4. The first-order valence-electron chi connectivity index (χ1n) is 5.74. The highest BCUT2D eigenvalue weighted by atomic mass is 35.5. The highest BCUT2D eigenvalue weighted by molar-refractivity contribution is 7.09. The fourth-order valence-corrected chi connectivity index (χ4v) is 2.81. The number of nitrogens with one attached hydrogen (secondary N) is 1. The van der Waals surface area contributed by atoms with Gasteiger partial charge in [0.2, 0.25) is 0 Å². The number of halogens is 3. The van der Waals surface area contributed by atoms with Gasteiger partial charge in [-0.3, -0.25) is 0 Å². The van der Waals surface area contributed by atoms with Crippen molar-refractivity contribution < 1.29 is 8.78 Å². The number of nitrogens with zero attached hydrogens (tertiary/aromatic N) is 1. The van der Waals surface area contributed by atoms with Crippen molar-refractivity contribution >= 4 is 22.9 Å². The monoisotopic (exact) mass is 302 g/mol. The molecule has 0 aliphatic heterocycles. The van der Waals surface area contributed by atoms with Crippen molar-refractivity contribution in [3.8, 4) is 0 Å². The number of hydrogen-bond donors (Lipinski definition) is 1. The minimum absolute atomic E-state index is 0.207. The van der Waals surface area contributed by atoms with E-state index in [2.05, 4.69) is 10.3 Å². The molecule has 0 aliphatic rings. The number of thiazole rings is 1. The summed E-state index contributed by atoms with van der Waals surface area (Å²) in [5, 5.41) is 5.59. The first-order valence-corrected chi connectivity index (χ1v) is 6.99. The molecule has 2 rings (SSSR count). The van der Waals surface area contributed by atoms with Gasteiger partial charge in [0.1, 0.15) is 11.6 Å². The predicted molar refractivity (Wildman–Crippen MR) is 73.7 cm³/mol. The Morgan fingerprint density at radius 1 is 1.37 bits per heavy atom. The fourth-order valence-electron chi connectivity index (χ4n) is 1.84. The molecule has 1 aromatic heterocycles. The molecular formula is C13H13ClF2N2S. The largest absolute Gasteiger partial charge is 0.313 e. The van der Waals surface area contributed by atoms with E-state index >= 15 is 0 Å². The van der Waals surface area contributed by atoms with E-state index in [1.807, 2.05) is 12.3 Å². The normalized spacial score (nSPS) is 12.7. The molecule has 6 heteroatoms. The molecule has 0 fully saturated rings. The molecule has 1 atom stereocenters. The summed E-state index contributed by atoms with van der Waals surface area (Å²) in [6.07, 6.45) is 0.507. The standard InChI is InChI=1S/C13H13ClF2N2S/c1-7-6-19-13(18-7)5-12(17-2)8-3-11(16)9(14)4-10(8)15/h3-4,6,12,17H,5H2,1-2H3. The number of benzene rings is 1. The van der Waals surface area contributed by atoms with Crippen molar-refractivity contribution in [2.24, 2.45) is 0 Å². The summed E-state index contributed by atoms with van der Waals surface area (Å²) in [5.74, 6) is -1.13. The van der Waals surface area contributed by atoms with Crippen molar-refractivity contribution in [3.63, 3.8) is 0 Å². The average Bonchev–Trinajstić information content (AvgIpc) is 2.77. The van der Waals surface area contributed by atoms with Crippen LogP contribution in [0.2, 0.25) is 5.02 Å². The third-order valence-electron chi connectivity index (χ3n) is 2.81. The number of likely N-dealkylation sites (N-methyl/N-ethyl adjacent to an activating group) is 1. The lowest BCUT2D eigenvalue weighted by molar-refractivity contribution is 0.522. The molecule has 19 heavy (non-hydrogen) atoms. The second kappa shape index (κ2) is 5.94. The van der Waals surface area contributed by atoms with E-state index in [0.717, 1.165) is 22.8 Å². The van der Waals surface area contributed by atoms with Crippen molar-refractivity contribution in [2.75, 3.05) is 7.05 Å². The minimum atomic E-state index is -0.617. The van der Waals surface area contributed by atoms with Gasteiger partial charge in [0.15, 0.2) is 0 Å². The van der Waals surface area contributed by atoms with Crippen molar-refractivity contribution in [2.45, 2.75) is 19.4 Å². The van der Waals surface area contributed by atoms with Gasteiger partial charge in [0.05, 0.1) is 10.0 Å². The molecule has 0 radical (unpaired) electrons. The quantitative estimate of drug-likeness (QED) is 0.867. The molecule has 2 nitrogen and oxygen atoms in total. The van der Waals surface area contributed by atoms with Crippen LogP contribution in [-0.2, 0) is 6.42 Å². The van der Waals surface area contributed by atoms with Gasteiger partial charge >= 0.3 is 0 Å². The Morgan fingerprint density at radius 2 is 2.11 bits per heavy atom. The van der Waals surface area contributed by atoms with Gasteiger partial charge in [-0.15, -0.1) is 11.3 Å². The zero-order valence-corrected chi connectivity index (χ0v) is 12.1. The van der Waals surface area contributed by atoms with Crippen LogP contribution in [-0.4, -0.2) is 12.0 Å². The fraction of sp³-hybridized carbons (Fsp3) is 0.308. The van der Waals surface area contributed by atoms with Crippen LogP contribution in [0.4, 0.5) is 8.78 Å². The van der Waals surface area contributed by atoms with Crippen LogP contribution in [0, 0.1) is 18.6 Å². The van der Waals surface area contributed by atoms with Gasteiger partial charge in [-0.25, -0.2) is 13.8 Å².